The Morgan fingerprint density at radius 1 is 1.09 bits per heavy atom. The summed E-state index contributed by atoms with van der Waals surface area (Å²) in [5, 5.41) is 2.09. The summed E-state index contributed by atoms with van der Waals surface area (Å²) in [7, 11) is 4.23. The number of carbonyl (C=O) groups is 4. The van der Waals surface area contributed by atoms with Gasteiger partial charge in [0.1, 0.15) is 12.3 Å². The van der Waals surface area contributed by atoms with E-state index in [0.717, 1.165) is 16.7 Å². The minimum atomic E-state index is -0.579. The molecule has 1 aliphatic heterocycles. The van der Waals surface area contributed by atoms with Crippen molar-refractivity contribution >= 4 is 69.1 Å². The number of benzene rings is 2. The molecular formula is C23H21IN2O8S. The first-order chi connectivity index (χ1) is 16.7. The molecule has 0 saturated carbocycles. The number of imide groups is 1. The highest BCUT2D eigenvalue weighted by molar-refractivity contribution is 14.1. The maximum atomic E-state index is 12.8. The summed E-state index contributed by atoms with van der Waals surface area (Å²) in [4.78, 5) is 50.1. The summed E-state index contributed by atoms with van der Waals surface area (Å²) in [6, 6.07) is 9.98. The molecule has 0 aliphatic carbocycles. The lowest BCUT2D eigenvalue weighted by molar-refractivity contribution is -0.143. The zero-order valence-electron chi connectivity index (χ0n) is 19.0. The second kappa shape index (κ2) is 11.9. The van der Waals surface area contributed by atoms with E-state index in [1.54, 1.807) is 36.4 Å². The second-order valence-corrected chi connectivity index (χ2v) is 9.10. The largest absolute Gasteiger partial charge is 0.497 e. The molecule has 3 rings (SSSR count). The third-order valence-electron chi connectivity index (χ3n) is 4.66. The van der Waals surface area contributed by atoms with Crippen LogP contribution in [0.4, 0.5) is 10.5 Å². The first kappa shape index (κ1) is 26.3. The van der Waals surface area contributed by atoms with Crippen molar-refractivity contribution in [3.8, 4) is 17.2 Å². The van der Waals surface area contributed by atoms with E-state index in [9.17, 15) is 19.2 Å². The Bertz CT molecular complexity index is 1180. The zero-order chi connectivity index (χ0) is 25.5. The molecule has 184 valence electrons. The number of amides is 3. The molecule has 0 aromatic heterocycles. The SMILES string of the molecule is COC(=O)COc1c(I)cc(/C=C2\SC(=O)N(CC(=O)Nc3ccc(OC)cc3)C2=O)cc1OC. The lowest BCUT2D eigenvalue weighted by Gasteiger charge is -2.13. The fraction of sp³-hybridized carbons (Fsp3) is 0.217. The highest BCUT2D eigenvalue weighted by Gasteiger charge is 2.36. The molecule has 1 N–H and O–H groups in total. The van der Waals surface area contributed by atoms with Crippen LogP contribution in [0.1, 0.15) is 5.56 Å². The van der Waals surface area contributed by atoms with Crippen molar-refractivity contribution in [2.45, 2.75) is 0 Å². The smallest absolute Gasteiger partial charge is 0.343 e. The molecule has 2 aromatic rings. The summed E-state index contributed by atoms with van der Waals surface area (Å²) >= 11 is 2.75. The molecule has 0 radical (unpaired) electrons. The Hall–Kier alpha value is -3.26. The van der Waals surface area contributed by atoms with Gasteiger partial charge in [-0.25, -0.2) is 4.79 Å². The molecule has 0 unspecified atom stereocenters. The van der Waals surface area contributed by atoms with Gasteiger partial charge in [0.15, 0.2) is 18.1 Å². The molecule has 12 heteroatoms. The van der Waals surface area contributed by atoms with Gasteiger partial charge in [-0.1, -0.05) is 0 Å². The van der Waals surface area contributed by atoms with Crippen molar-refractivity contribution in [3.63, 3.8) is 0 Å². The van der Waals surface area contributed by atoms with Gasteiger partial charge in [0.25, 0.3) is 11.1 Å². The molecule has 1 aliphatic rings. The predicted octanol–water partition coefficient (Wildman–Crippen LogP) is 3.54. The lowest BCUT2D eigenvalue weighted by Crippen LogP contribution is -2.36. The molecular weight excluding hydrogens is 591 g/mol. The van der Waals surface area contributed by atoms with Crippen LogP contribution in [0.25, 0.3) is 6.08 Å². The number of anilines is 1. The van der Waals surface area contributed by atoms with Crippen LogP contribution in [0.5, 0.6) is 17.2 Å². The van der Waals surface area contributed by atoms with Gasteiger partial charge in [0.2, 0.25) is 5.91 Å². The number of methoxy groups -OCH3 is 3. The van der Waals surface area contributed by atoms with E-state index in [1.807, 2.05) is 22.6 Å². The van der Waals surface area contributed by atoms with Gasteiger partial charge in [-0.3, -0.25) is 19.3 Å². The van der Waals surface area contributed by atoms with Crippen LogP contribution < -0.4 is 19.5 Å². The lowest BCUT2D eigenvalue weighted by atomic mass is 10.2. The Morgan fingerprint density at radius 2 is 1.80 bits per heavy atom. The average Bonchev–Trinajstić information content (AvgIpc) is 3.10. The number of nitrogens with zero attached hydrogens (tertiary/aromatic N) is 1. The van der Waals surface area contributed by atoms with Crippen molar-refractivity contribution in [2.75, 3.05) is 39.8 Å². The Morgan fingerprint density at radius 3 is 2.43 bits per heavy atom. The maximum absolute atomic E-state index is 12.8. The number of nitrogens with one attached hydrogen (secondary N) is 1. The number of hydrogen-bond donors (Lipinski definition) is 1. The highest BCUT2D eigenvalue weighted by Crippen LogP contribution is 2.37. The van der Waals surface area contributed by atoms with Crippen LogP contribution >= 0.6 is 34.4 Å². The first-order valence-corrected chi connectivity index (χ1v) is 11.9. The number of ether oxygens (including phenoxy) is 4. The topological polar surface area (TPSA) is 120 Å². The summed E-state index contributed by atoms with van der Waals surface area (Å²) in [6.45, 7) is -0.713. The number of thioether (sulfide) groups is 1. The number of halogens is 1. The van der Waals surface area contributed by atoms with E-state index < -0.39 is 29.6 Å². The Labute approximate surface area is 219 Å². The minimum absolute atomic E-state index is 0.160. The number of carbonyl (C=O) groups excluding carboxylic acids is 4. The molecule has 10 nitrogen and oxygen atoms in total. The fourth-order valence-electron chi connectivity index (χ4n) is 2.96. The van der Waals surface area contributed by atoms with E-state index in [1.165, 1.54) is 27.4 Å². The maximum Gasteiger partial charge on any atom is 0.343 e. The molecule has 0 atom stereocenters. The van der Waals surface area contributed by atoms with Crippen LogP contribution in [0.3, 0.4) is 0 Å². The van der Waals surface area contributed by atoms with Gasteiger partial charge < -0.3 is 24.3 Å². The predicted molar refractivity (Wildman–Crippen MR) is 138 cm³/mol. The Kier molecular flexibility index (Phi) is 8.98. The van der Waals surface area contributed by atoms with E-state index in [2.05, 4.69) is 10.1 Å². The highest BCUT2D eigenvalue weighted by atomic mass is 127. The third-order valence-corrected chi connectivity index (χ3v) is 6.37. The van der Waals surface area contributed by atoms with E-state index in [0.29, 0.717) is 32.1 Å². The van der Waals surface area contributed by atoms with Crippen LogP contribution in [-0.4, -0.2) is 62.4 Å². The van der Waals surface area contributed by atoms with Crippen molar-refractivity contribution in [3.05, 3.63) is 50.4 Å². The van der Waals surface area contributed by atoms with E-state index >= 15 is 0 Å². The second-order valence-electron chi connectivity index (χ2n) is 6.94. The molecule has 0 spiro atoms. The van der Waals surface area contributed by atoms with Crippen LogP contribution in [0, 0.1) is 3.57 Å². The minimum Gasteiger partial charge on any atom is -0.497 e. The fourth-order valence-corrected chi connectivity index (χ4v) is 4.58. The summed E-state index contributed by atoms with van der Waals surface area (Å²) in [5.41, 5.74) is 1.08. The van der Waals surface area contributed by atoms with Gasteiger partial charge >= 0.3 is 5.97 Å². The summed E-state index contributed by atoms with van der Waals surface area (Å²) < 4.78 is 21.1. The number of rotatable bonds is 9. The Balaban J connectivity index is 1.72. The van der Waals surface area contributed by atoms with Crippen molar-refractivity contribution in [2.24, 2.45) is 0 Å². The molecule has 0 bridgehead atoms. The zero-order valence-corrected chi connectivity index (χ0v) is 21.9. The van der Waals surface area contributed by atoms with Gasteiger partial charge in [-0.15, -0.1) is 0 Å². The van der Waals surface area contributed by atoms with Crippen molar-refractivity contribution < 1.29 is 38.1 Å². The summed E-state index contributed by atoms with van der Waals surface area (Å²) in [6.07, 6.45) is 1.53. The normalized spacial score (nSPS) is 14.2. The van der Waals surface area contributed by atoms with E-state index in [4.69, 9.17) is 14.2 Å². The van der Waals surface area contributed by atoms with Gasteiger partial charge in [-0.05, 0) is 82.4 Å². The molecule has 1 fully saturated rings. The van der Waals surface area contributed by atoms with Gasteiger partial charge in [0, 0.05) is 5.69 Å². The molecule has 1 heterocycles. The molecule has 1 saturated heterocycles. The standard InChI is InChI=1S/C23H21IN2O8S/c1-31-15-6-4-14(5-7-15)25-19(27)11-26-22(29)18(35-23(26)30)10-13-8-16(24)21(17(9-13)32-2)34-12-20(28)33-3/h4-10H,11-12H2,1-3H3,(H,25,27)/b18-10-. The van der Waals surface area contributed by atoms with E-state index in [-0.39, 0.29) is 11.5 Å². The molecule has 3 amide bonds. The number of esters is 1. The van der Waals surface area contributed by atoms with Crippen molar-refractivity contribution in [1.82, 2.24) is 4.90 Å². The quantitative estimate of drug-likeness (QED) is 0.258. The monoisotopic (exact) mass is 612 g/mol. The molecule has 2 aromatic carbocycles. The summed E-state index contributed by atoms with van der Waals surface area (Å²) in [5.74, 6) is -0.318. The molecule has 35 heavy (non-hydrogen) atoms. The van der Waals surface area contributed by atoms with Crippen LogP contribution in [-0.2, 0) is 19.1 Å². The van der Waals surface area contributed by atoms with Crippen LogP contribution in [0.15, 0.2) is 41.3 Å². The van der Waals surface area contributed by atoms with Gasteiger partial charge in [-0.2, -0.15) is 0 Å². The third kappa shape index (κ3) is 6.66. The first-order valence-electron chi connectivity index (χ1n) is 10.0. The number of hydrogen-bond acceptors (Lipinski definition) is 9. The van der Waals surface area contributed by atoms with Crippen molar-refractivity contribution in [1.29, 1.82) is 0 Å². The van der Waals surface area contributed by atoms with Gasteiger partial charge in [0.05, 0.1) is 29.8 Å². The average molecular weight is 612 g/mol. The van der Waals surface area contributed by atoms with Crippen LogP contribution in [0.2, 0.25) is 0 Å².